The number of nitrogens with zero attached hydrogens (tertiary/aromatic N) is 3. The molecule has 2 aromatic rings. The SMILES string of the molecule is CCOc1ccc(C(=O)Cn2cc(Br)c([N+](=O)[O-])n2)cc1. The van der Waals surface area contributed by atoms with Crippen molar-refractivity contribution in [1.82, 2.24) is 9.78 Å². The molecule has 0 aliphatic rings. The predicted molar refractivity (Wildman–Crippen MR) is 78.5 cm³/mol. The van der Waals surface area contributed by atoms with E-state index in [2.05, 4.69) is 21.0 Å². The summed E-state index contributed by atoms with van der Waals surface area (Å²) in [5, 5.41) is 14.4. The minimum atomic E-state index is -0.609. The number of halogens is 1. The third kappa shape index (κ3) is 3.66. The molecule has 7 nitrogen and oxygen atoms in total. The lowest BCUT2D eigenvalue weighted by atomic mass is 10.1. The zero-order valence-corrected chi connectivity index (χ0v) is 12.7. The Bertz CT molecular complexity index is 667. The summed E-state index contributed by atoms with van der Waals surface area (Å²) in [6.45, 7) is 2.36. The molecule has 0 saturated carbocycles. The van der Waals surface area contributed by atoms with E-state index >= 15 is 0 Å². The molecule has 0 aliphatic heterocycles. The molecule has 0 fully saturated rings. The number of carbonyl (C=O) groups excluding carboxylic acids is 1. The van der Waals surface area contributed by atoms with Gasteiger partial charge in [0.05, 0.1) is 17.9 Å². The highest BCUT2D eigenvalue weighted by atomic mass is 79.9. The third-order valence-corrected chi connectivity index (χ3v) is 3.22. The second-order valence-corrected chi connectivity index (χ2v) is 4.99. The van der Waals surface area contributed by atoms with Crippen molar-refractivity contribution >= 4 is 27.5 Å². The van der Waals surface area contributed by atoms with E-state index in [1.807, 2.05) is 6.92 Å². The molecule has 2 rings (SSSR count). The van der Waals surface area contributed by atoms with E-state index < -0.39 is 4.92 Å². The molecule has 0 unspecified atom stereocenters. The van der Waals surface area contributed by atoms with Crippen LogP contribution in [0.5, 0.6) is 5.75 Å². The molecular formula is C13H12BrN3O4. The van der Waals surface area contributed by atoms with E-state index in [0.29, 0.717) is 17.9 Å². The van der Waals surface area contributed by atoms with E-state index in [4.69, 9.17) is 4.74 Å². The number of ketones is 1. The third-order valence-electron chi connectivity index (χ3n) is 2.66. The second-order valence-electron chi connectivity index (χ2n) is 4.14. The molecule has 1 aromatic heterocycles. The maximum absolute atomic E-state index is 12.1. The standard InChI is InChI=1S/C13H12BrN3O4/c1-2-21-10-5-3-9(4-6-10)12(18)8-16-7-11(14)13(15-16)17(19)20/h3-7H,2,8H2,1H3. The largest absolute Gasteiger partial charge is 0.494 e. The Labute approximate surface area is 128 Å². The van der Waals surface area contributed by atoms with Gasteiger partial charge in [-0.15, -0.1) is 0 Å². The lowest BCUT2D eigenvalue weighted by Gasteiger charge is -2.03. The van der Waals surface area contributed by atoms with Crippen LogP contribution in [-0.4, -0.2) is 27.1 Å². The van der Waals surface area contributed by atoms with Crippen LogP contribution >= 0.6 is 15.9 Å². The van der Waals surface area contributed by atoms with Crippen LogP contribution in [0, 0.1) is 10.1 Å². The smallest absolute Gasteiger partial charge is 0.404 e. The number of hydrogen-bond donors (Lipinski definition) is 0. The highest BCUT2D eigenvalue weighted by molar-refractivity contribution is 9.10. The van der Waals surface area contributed by atoms with Crippen molar-refractivity contribution < 1.29 is 14.5 Å². The molecule has 0 amide bonds. The van der Waals surface area contributed by atoms with Crippen LogP contribution in [0.1, 0.15) is 17.3 Å². The molecule has 1 heterocycles. The minimum absolute atomic E-state index is 0.0690. The van der Waals surface area contributed by atoms with E-state index in [-0.39, 0.29) is 22.6 Å². The number of ether oxygens (including phenoxy) is 1. The van der Waals surface area contributed by atoms with Gasteiger partial charge in [-0.1, -0.05) is 0 Å². The lowest BCUT2D eigenvalue weighted by molar-refractivity contribution is -0.390. The van der Waals surface area contributed by atoms with E-state index in [1.54, 1.807) is 24.3 Å². The second kappa shape index (κ2) is 6.49. The van der Waals surface area contributed by atoms with Crippen molar-refractivity contribution in [2.45, 2.75) is 13.5 Å². The van der Waals surface area contributed by atoms with Crippen molar-refractivity contribution in [2.24, 2.45) is 0 Å². The van der Waals surface area contributed by atoms with Crippen LogP contribution in [0.15, 0.2) is 34.9 Å². The van der Waals surface area contributed by atoms with Crippen LogP contribution in [0.4, 0.5) is 5.82 Å². The maximum atomic E-state index is 12.1. The number of carbonyl (C=O) groups is 1. The summed E-state index contributed by atoms with van der Waals surface area (Å²) >= 11 is 3.04. The Balaban J connectivity index is 2.10. The summed E-state index contributed by atoms with van der Waals surface area (Å²) in [4.78, 5) is 22.2. The normalized spacial score (nSPS) is 10.4. The predicted octanol–water partition coefficient (Wildman–Crippen LogP) is 2.84. The molecule has 0 radical (unpaired) electrons. The quantitative estimate of drug-likeness (QED) is 0.452. The summed E-state index contributed by atoms with van der Waals surface area (Å²) in [5.41, 5.74) is 0.493. The Kier molecular flexibility index (Phi) is 4.69. The van der Waals surface area contributed by atoms with E-state index in [1.165, 1.54) is 10.9 Å². The minimum Gasteiger partial charge on any atom is -0.494 e. The fourth-order valence-corrected chi connectivity index (χ4v) is 2.19. The van der Waals surface area contributed by atoms with Gasteiger partial charge in [-0.3, -0.25) is 4.79 Å². The summed E-state index contributed by atoms with van der Waals surface area (Å²) in [7, 11) is 0. The zero-order valence-electron chi connectivity index (χ0n) is 11.2. The summed E-state index contributed by atoms with van der Waals surface area (Å²) in [6.07, 6.45) is 1.41. The van der Waals surface area contributed by atoms with Gasteiger partial charge in [0.15, 0.2) is 5.78 Å². The monoisotopic (exact) mass is 353 g/mol. The Morgan fingerprint density at radius 3 is 2.62 bits per heavy atom. The van der Waals surface area contributed by atoms with Crippen molar-refractivity contribution in [3.8, 4) is 5.75 Å². The molecule has 0 saturated heterocycles. The van der Waals surface area contributed by atoms with Crippen LogP contribution in [0.2, 0.25) is 0 Å². The molecular weight excluding hydrogens is 342 g/mol. The first-order valence-electron chi connectivity index (χ1n) is 6.14. The average Bonchev–Trinajstić information content (AvgIpc) is 2.81. The van der Waals surface area contributed by atoms with Gasteiger partial charge < -0.3 is 14.9 Å². The Hall–Kier alpha value is -2.22. The van der Waals surface area contributed by atoms with Crippen LogP contribution in [0.25, 0.3) is 0 Å². The molecule has 0 N–H and O–H groups in total. The van der Waals surface area contributed by atoms with Crippen molar-refractivity contribution in [2.75, 3.05) is 6.61 Å². The van der Waals surface area contributed by atoms with Crippen LogP contribution in [0.3, 0.4) is 0 Å². The first-order chi connectivity index (χ1) is 10.0. The topological polar surface area (TPSA) is 87.3 Å². The first kappa shape index (κ1) is 15.2. The zero-order chi connectivity index (χ0) is 15.4. The average molecular weight is 354 g/mol. The number of Topliss-reactive ketones (excluding diaryl/α,β-unsaturated/α-hetero) is 1. The maximum Gasteiger partial charge on any atom is 0.404 e. The number of aromatic nitrogens is 2. The fourth-order valence-electron chi connectivity index (χ4n) is 1.73. The van der Waals surface area contributed by atoms with Crippen molar-refractivity contribution in [3.05, 3.63) is 50.6 Å². The molecule has 110 valence electrons. The first-order valence-corrected chi connectivity index (χ1v) is 6.94. The molecule has 0 aliphatic carbocycles. The molecule has 1 aromatic carbocycles. The number of benzene rings is 1. The van der Waals surface area contributed by atoms with Gasteiger partial charge in [0.1, 0.15) is 16.8 Å². The van der Waals surface area contributed by atoms with Crippen LogP contribution in [-0.2, 0) is 6.54 Å². The van der Waals surface area contributed by atoms with Gasteiger partial charge in [0, 0.05) is 5.56 Å². The van der Waals surface area contributed by atoms with Gasteiger partial charge in [-0.05, 0) is 52.0 Å². The summed E-state index contributed by atoms with van der Waals surface area (Å²) in [5.74, 6) is 0.184. The van der Waals surface area contributed by atoms with Gasteiger partial charge in [0.2, 0.25) is 0 Å². The summed E-state index contributed by atoms with van der Waals surface area (Å²) in [6, 6.07) is 6.72. The lowest BCUT2D eigenvalue weighted by Crippen LogP contribution is -2.11. The van der Waals surface area contributed by atoms with Gasteiger partial charge in [-0.25, -0.2) is 0 Å². The Morgan fingerprint density at radius 2 is 2.10 bits per heavy atom. The van der Waals surface area contributed by atoms with Gasteiger partial charge in [0.25, 0.3) is 0 Å². The molecule has 0 spiro atoms. The van der Waals surface area contributed by atoms with Gasteiger partial charge >= 0.3 is 5.82 Å². The highest BCUT2D eigenvalue weighted by Gasteiger charge is 2.20. The summed E-state index contributed by atoms with van der Waals surface area (Å²) < 4.78 is 6.77. The van der Waals surface area contributed by atoms with Gasteiger partial charge in [-0.2, -0.15) is 4.68 Å². The number of nitro groups is 1. The molecule has 0 bridgehead atoms. The van der Waals surface area contributed by atoms with Crippen LogP contribution < -0.4 is 4.74 Å². The molecule has 21 heavy (non-hydrogen) atoms. The molecule has 8 heteroatoms. The number of rotatable bonds is 6. The Morgan fingerprint density at radius 1 is 1.43 bits per heavy atom. The molecule has 0 atom stereocenters. The van der Waals surface area contributed by atoms with E-state index in [9.17, 15) is 14.9 Å². The van der Waals surface area contributed by atoms with Crippen molar-refractivity contribution in [1.29, 1.82) is 0 Å². The highest BCUT2D eigenvalue weighted by Crippen LogP contribution is 2.22. The van der Waals surface area contributed by atoms with Crippen molar-refractivity contribution in [3.63, 3.8) is 0 Å². The van der Waals surface area contributed by atoms with E-state index in [0.717, 1.165) is 0 Å². The number of hydrogen-bond acceptors (Lipinski definition) is 5. The fraction of sp³-hybridized carbons (Fsp3) is 0.231.